The number of rotatable bonds is 2. The molecule has 0 bridgehead atoms. The van der Waals surface area contributed by atoms with Crippen molar-refractivity contribution in [2.75, 3.05) is 16.2 Å². The number of benzene rings is 2. The zero-order valence-corrected chi connectivity index (χ0v) is 14.1. The van der Waals surface area contributed by atoms with Crippen LogP contribution in [-0.4, -0.2) is 20.9 Å². The lowest BCUT2D eigenvalue weighted by atomic mass is 10.1. The molecule has 0 unspecified atom stereocenters. The van der Waals surface area contributed by atoms with Gasteiger partial charge in [-0.1, -0.05) is 29.8 Å². The normalized spacial score (nSPS) is 14.4. The molecule has 1 amide bonds. The standard InChI is InChI=1S/C17H18N2O3S/c1-11-8-12(2)17(13(3)9-11)23(21,22)19-10-16(20)18-14-6-4-5-7-15(14)19/h4-9H,10H2,1-3H3,(H,18,20). The molecule has 1 N–H and O–H groups in total. The lowest BCUT2D eigenvalue weighted by Gasteiger charge is -2.31. The summed E-state index contributed by atoms with van der Waals surface area (Å²) in [5.41, 5.74) is 3.38. The molecule has 0 saturated carbocycles. The first kappa shape index (κ1) is 15.6. The van der Waals surface area contributed by atoms with Crippen molar-refractivity contribution in [1.29, 1.82) is 0 Å². The molecule has 0 radical (unpaired) electrons. The van der Waals surface area contributed by atoms with Gasteiger partial charge in [-0.15, -0.1) is 0 Å². The Kier molecular flexibility index (Phi) is 3.64. The molecule has 120 valence electrons. The highest BCUT2D eigenvalue weighted by Gasteiger charge is 2.34. The number of nitrogens with zero attached hydrogens (tertiary/aromatic N) is 1. The van der Waals surface area contributed by atoms with Crippen LogP contribution in [0.5, 0.6) is 0 Å². The summed E-state index contributed by atoms with van der Waals surface area (Å²) in [5.74, 6) is -0.338. The van der Waals surface area contributed by atoms with Gasteiger partial charge in [0.05, 0.1) is 16.3 Å². The molecule has 0 fully saturated rings. The van der Waals surface area contributed by atoms with Crippen LogP contribution in [0, 0.1) is 20.8 Å². The van der Waals surface area contributed by atoms with E-state index in [0.717, 1.165) is 5.56 Å². The minimum atomic E-state index is -3.81. The van der Waals surface area contributed by atoms with Crippen molar-refractivity contribution in [2.45, 2.75) is 25.7 Å². The average molecular weight is 330 g/mol. The fourth-order valence-corrected chi connectivity index (χ4v) is 4.96. The summed E-state index contributed by atoms with van der Waals surface area (Å²) in [6.07, 6.45) is 0. The zero-order chi connectivity index (χ0) is 16.8. The highest BCUT2D eigenvalue weighted by Crippen LogP contribution is 2.35. The van der Waals surface area contributed by atoms with Crippen molar-refractivity contribution in [3.05, 3.63) is 53.1 Å². The number of nitrogens with one attached hydrogen (secondary N) is 1. The lowest BCUT2D eigenvalue weighted by Crippen LogP contribution is -2.42. The molecule has 1 heterocycles. The largest absolute Gasteiger partial charge is 0.323 e. The summed E-state index contributed by atoms with van der Waals surface area (Å²) in [7, 11) is -3.81. The molecular weight excluding hydrogens is 312 g/mol. The highest BCUT2D eigenvalue weighted by atomic mass is 32.2. The molecule has 6 heteroatoms. The van der Waals surface area contributed by atoms with E-state index in [2.05, 4.69) is 5.32 Å². The Hall–Kier alpha value is -2.34. The number of hydrogen-bond donors (Lipinski definition) is 1. The number of carbonyl (C=O) groups excluding carboxylic acids is 1. The van der Waals surface area contributed by atoms with Gasteiger partial charge in [0.15, 0.2) is 0 Å². The molecule has 23 heavy (non-hydrogen) atoms. The minimum absolute atomic E-state index is 0.216. The van der Waals surface area contributed by atoms with Gasteiger partial charge in [-0.05, 0) is 44.0 Å². The van der Waals surface area contributed by atoms with E-state index in [1.807, 2.05) is 19.1 Å². The number of fused-ring (bicyclic) bond motifs is 1. The van der Waals surface area contributed by atoms with Crippen molar-refractivity contribution in [2.24, 2.45) is 0 Å². The monoisotopic (exact) mass is 330 g/mol. The molecule has 1 aliphatic heterocycles. The van der Waals surface area contributed by atoms with Crippen molar-refractivity contribution in [1.82, 2.24) is 0 Å². The SMILES string of the molecule is Cc1cc(C)c(S(=O)(=O)N2CC(=O)Nc3ccccc32)c(C)c1. The van der Waals surface area contributed by atoms with E-state index in [1.54, 1.807) is 38.1 Å². The maximum absolute atomic E-state index is 13.2. The summed E-state index contributed by atoms with van der Waals surface area (Å²) in [6.45, 7) is 5.28. The van der Waals surface area contributed by atoms with Crippen LogP contribution in [-0.2, 0) is 14.8 Å². The molecular formula is C17H18N2O3S. The Morgan fingerprint density at radius 1 is 1.04 bits per heavy atom. The van der Waals surface area contributed by atoms with Crippen LogP contribution >= 0.6 is 0 Å². The minimum Gasteiger partial charge on any atom is -0.323 e. The molecule has 5 nitrogen and oxygen atoms in total. The van der Waals surface area contributed by atoms with Crippen molar-refractivity contribution in [3.8, 4) is 0 Å². The lowest BCUT2D eigenvalue weighted by molar-refractivity contribution is -0.115. The van der Waals surface area contributed by atoms with Crippen molar-refractivity contribution >= 4 is 27.3 Å². The summed E-state index contributed by atoms with van der Waals surface area (Å²) < 4.78 is 27.6. The van der Waals surface area contributed by atoms with E-state index in [1.165, 1.54) is 4.31 Å². The Bertz CT molecular complexity index is 881. The topological polar surface area (TPSA) is 66.5 Å². The zero-order valence-electron chi connectivity index (χ0n) is 13.3. The van der Waals surface area contributed by atoms with Crippen LogP contribution in [0.25, 0.3) is 0 Å². The third-order valence-electron chi connectivity index (χ3n) is 3.89. The highest BCUT2D eigenvalue weighted by molar-refractivity contribution is 7.93. The molecule has 0 spiro atoms. The predicted octanol–water partition coefficient (Wildman–Crippen LogP) is 2.76. The van der Waals surface area contributed by atoms with Gasteiger partial charge >= 0.3 is 0 Å². The molecule has 0 aromatic heterocycles. The molecule has 3 rings (SSSR count). The quantitative estimate of drug-likeness (QED) is 0.921. The Labute approximate surface area is 136 Å². The number of anilines is 2. The fraction of sp³-hybridized carbons (Fsp3) is 0.235. The van der Waals surface area contributed by atoms with Gasteiger partial charge in [0.1, 0.15) is 6.54 Å². The van der Waals surface area contributed by atoms with Crippen LogP contribution in [0.1, 0.15) is 16.7 Å². The second kappa shape index (κ2) is 5.38. The van der Waals surface area contributed by atoms with Crippen LogP contribution in [0.2, 0.25) is 0 Å². The van der Waals surface area contributed by atoms with Gasteiger partial charge < -0.3 is 5.32 Å². The Morgan fingerprint density at radius 3 is 2.30 bits per heavy atom. The number of hydrogen-bond acceptors (Lipinski definition) is 3. The van der Waals surface area contributed by atoms with Crippen molar-refractivity contribution < 1.29 is 13.2 Å². The predicted molar refractivity (Wildman–Crippen MR) is 90.3 cm³/mol. The third-order valence-corrected chi connectivity index (χ3v) is 5.95. The number of amides is 1. The average Bonchev–Trinajstić information content (AvgIpc) is 2.44. The smallest absolute Gasteiger partial charge is 0.265 e. The number of carbonyl (C=O) groups is 1. The number of aryl methyl sites for hydroxylation is 3. The maximum Gasteiger partial charge on any atom is 0.265 e. The summed E-state index contributed by atoms with van der Waals surface area (Å²) in [4.78, 5) is 12.2. The summed E-state index contributed by atoms with van der Waals surface area (Å²) >= 11 is 0. The Balaban J connectivity index is 2.20. The molecule has 2 aromatic rings. The number of sulfonamides is 1. The van der Waals surface area contributed by atoms with Crippen LogP contribution < -0.4 is 9.62 Å². The molecule has 1 aliphatic rings. The van der Waals surface area contributed by atoms with E-state index in [-0.39, 0.29) is 17.3 Å². The fourth-order valence-electron chi connectivity index (χ4n) is 3.10. The van der Waals surface area contributed by atoms with E-state index in [9.17, 15) is 13.2 Å². The van der Waals surface area contributed by atoms with E-state index in [0.29, 0.717) is 22.5 Å². The molecule has 0 aliphatic carbocycles. The first-order valence-electron chi connectivity index (χ1n) is 7.30. The summed E-state index contributed by atoms with van der Waals surface area (Å²) in [5, 5.41) is 2.71. The maximum atomic E-state index is 13.2. The molecule has 0 atom stereocenters. The van der Waals surface area contributed by atoms with Crippen LogP contribution in [0.3, 0.4) is 0 Å². The van der Waals surface area contributed by atoms with Gasteiger partial charge in [-0.2, -0.15) is 0 Å². The van der Waals surface area contributed by atoms with Crippen LogP contribution in [0.15, 0.2) is 41.3 Å². The van der Waals surface area contributed by atoms with Crippen LogP contribution in [0.4, 0.5) is 11.4 Å². The van der Waals surface area contributed by atoms with Gasteiger partial charge in [0.2, 0.25) is 5.91 Å². The summed E-state index contributed by atoms with van der Waals surface area (Å²) in [6, 6.07) is 10.6. The third kappa shape index (κ3) is 2.59. The second-order valence-electron chi connectivity index (χ2n) is 5.80. The first-order chi connectivity index (χ1) is 10.8. The first-order valence-corrected chi connectivity index (χ1v) is 8.74. The molecule has 0 saturated heterocycles. The second-order valence-corrected chi connectivity index (χ2v) is 7.60. The van der Waals surface area contributed by atoms with Gasteiger partial charge in [0, 0.05) is 0 Å². The van der Waals surface area contributed by atoms with Gasteiger partial charge in [-0.25, -0.2) is 8.42 Å². The van der Waals surface area contributed by atoms with E-state index in [4.69, 9.17) is 0 Å². The molecule has 2 aromatic carbocycles. The number of para-hydroxylation sites is 2. The van der Waals surface area contributed by atoms with Gasteiger partial charge in [0.25, 0.3) is 10.0 Å². The van der Waals surface area contributed by atoms with Crippen molar-refractivity contribution in [3.63, 3.8) is 0 Å². The van der Waals surface area contributed by atoms with Gasteiger partial charge in [-0.3, -0.25) is 9.10 Å². The Morgan fingerprint density at radius 2 is 1.65 bits per heavy atom. The van der Waals surface area contributed by atoms with E-state index < -0.39 is 10.0 Å². The van der Waals surface area contributed by atoms with E-state index >= 15 is 0 Å².